The summed E-state index contributed by atoms with van der Waals surface area (Å²) in [4.78, 5) is 13.5. The number of amides is 1. The molecule has 0 aromatic heterocycles. The molecule has 0 unspecified atom stereocenters. The number of carbonyl (C=O) groups excluding carboxylic acids is 1. The molecule has 1 fully saturated rings. The molecular formula is C12H14BrFN2O3. The molecular weight excluding hydrogens is 319 g/mol. The van der Waals surface area contributed by atoms with Gasteiger partial charge in [0.15, 0.2) is 6.61 Å². The van der Waals surface area contributed by atoms with Gasteiger partial charge in [-0.25, -0.2) is 4.39 Å². The topological polar surface area (TPSA) is 64.8 Å². The summed E-state index contributed by atoms with van der Waals surface area (Å²) in [7, 11) is 0. The Morgan fingerprint density at radius 2 is 2.16 bits per heavy atom. The average Bonchev–Trinajstić information content (AvgIpc) is 2.42. The number of nitrogens with zero attached hydrogens (tertiary/aromatic N) is 1. The molecule has 0 radical (unpaired) electrons. The Bertz CT molecular complexity index is 478. The first kappa shape index (κ1) is 14.1. The van der Waals surface area contributed by atoms with Crippen LogP contribution in [0.2, 0.25) is 0 Å². The highest BCUT2D eigenvalue weighted by atomic mass is 79.9. The van der Waals surface area contributed by atoms with E-state index in [1.165, 1.54) is 6.07 Å². The third-order valence-corrected chi connectivity index (χ3v) is 3.38. The molecule has 104 valence electrons. The molecule has 5 nitrogen and oxygen atoms in total. The molecule has 2 rings (SSSR count). The van der Waals surface area contributed by atoms with E-state index >= 15 is 0 Å². The Kier molecular flexibility index (Phi) is 4.60. The summed E-state index contributed by atoms with van der Waals surface area (Å²) in [6.45, 7) is 1.99. The Morgan fingerprint density at radius 3 is 2.84 bits per heavy atom. The summed E-state index contributed by atoms with van der Waals surface area (Å²) in [6.07, 6.45) is 0. The molecule has 0 spiro atoms. The van der Waals surface area contributed by atoms with Crippen LogP contribution in [0.5, 0.6) is 5.75 Å². The largest absolute Gasteiger partial charge is 0.482 e. The molecule has 7 heteroatoms. The zero-order chi connectivity index (χ0) is 13.8. The first-order valence-corrected chi connectivity index (χ1v) is 6.60. The predicted molar refractivity (Wildman–Crippen MR) is 71.4 cm³/mol. The van der Waals surface area contributed by atoms with Gasteiger partial charge >= 0.3 is 0 Å². The van der Waals surface area contributed by atoms with E-state index in [9.17, 15) is 9.18 Å². The highest BCUT2D eigenvalue weighted by Gasteiger charge is 2.18. The maximum absolute atomic E-state index is 13.3. The molecule has 0 saturated carbocycles. The van der Waals surface area contributed by atoms with Gasteiger partial charge in [-0.2, -0.15) is 0 Å². The number of hydrogen-bond acceptors (Lipinski definition) is 4. The standard InChI is InChI=1S/C12H14BrFN2O3/c13-8-5-10(15)11(6-9(8)14)19-7-12(17)16-1-3-18-4-2-16/h5-6H,1-4,7,15H2. The van der Waals surface area contributed by atoms with Crippen LogP contribution >= 0.6 is 15.9 Å². The minimum absolute atomic E-state index is 0.161. The van der Waals surface area contributed by atoms with E-state index in [1.807, 2.05) is 0 Å². The zero-order valence-electron chi connectivity index (χ0n) is 10.2. The lowest BCUT2D eigenvalue weighted by atomic mass is 10.3. The molecule has 1 saturated heterocycles. The molecule has 1 heterocycles. The summed E-state index contributed by atoms with van der Waals surface area (Å²) >= 11 is 3.02. The summed E-state index contributed by atoms with van der Waals surface area (Å²) in [6, 6.07) is 2.57. The van der Waals surface area contributed by atoms with Crippen LogP contribution in [-0.4, -0.2) is 43.7 Å². The minimum Gasteiger partial charge on any atom is -0.482 e. The molecule has 2 N–H and O–H groups in total. The number of nitrogen functional groups attached to an aromatic ring is 1. The number of anilines is 1. The fourth-order valence-electron chi connectivity index (χ4n) is 1.71. The number of carbonyl (C=O) groups is 1. The van der Waals surface area contributed by atoms with E-state index in [2.05, 4.69) is 15.9 Å². The van der Waals surface area contributed by atoms with Crippen molar-refractivity contribution >= 4 is 27.5 Å². The van der Waals surface area contributed by atoms with Gasteiger partial charge in [0.05, 0.1) is 23.4 Å². The van der Waals surface area contributed by atoms with Crippen LogP contribution in [0.25, 0.3) is 0 Å². The summed E-state index contributed by atoms with van der Waals surface area (Å²) < 4.78 is 24.0. The van der Waals surface area contributed by atoms with Crippen LogP contribution in [0, 0.1) is 5.82 Å². The van der Waals surface area contributed by atoms with Crippen LogP contribution in [-0.2, 0) is 9.53 Å². The smallest absolute Gasteiger partial charge is 0.260 e. The fraction of sp³-hybridized carbons (Fsp3) is 0.417. The molecule has 1 aliphatic rings. The van der Waals surface area contributed by atoms with Crippen molar-refractivity contribution in [3.8, 4) is 5.75 Å². The minimum atomic E-state index is -0.483. The molecule has 19 heavy (non-hydrogen) atoms. The monoisotopic (exact) mass is 332 g/mol. The number of morpholine rings is 1. The van der Waals surface area contributed by atoms with E-state index in [0.29, 0.717) is 26.3 Å². The van der Waals surface area contributed by atoms with E-state index in [-0.39, 0.29) is 28.4 Å². The predicted octanol–water partition coefficient (Wildman–Crippen LogP) is 1.41. The van der Waals surface area contributed by atoms with E-state index < -0.39 is 5.82 Å². The quantitative estimate of drug-likeness (QED) is 0.850. The van der Waals surface area contributed by atoms with Gasteiger partial charge in [-0.05, 0) is 22.0 Å². The zero-order valence-corrected chi connectivity index (χ0v) is 11.8. The number of ether oxygens (including phenoxy) is 2. The van der Waals surface area contributed by atoms with Crippen molar-refractivity contribution in [3.05, 3.63) is 22.4 Å². The van der Waals surface area contributed by atoms with Crippen molar-refractivity contribution in [2.75, 3.05) is 38.6 Å². The summed E-state index contributed by atoms with van der Waals surface area (Å²) in [5.74, 6) is -0.476. The molecule has 1 aromatic carbocycles. The molecule has 1 aliphatic heterocycles. The number of hydrogen-bond donors (Lipinski definition) is 1. The van der Waals surface area contributed by atoms with E-state index in [0.717, 1.165) is 6.07 Å². The maximum atomic E-state index is 13.3. The third kappa shape index (κ3) is 3.57. The summed E-state index contributed by atoms with van der Waals surface area (Å²) in [5.41, 5.74) is 5.97. The van der Waals surface area contributed by atoms with Gasteiger partial charge < -0.3 is 20.1 Å². The number of benzene rings is 1. The van der Waals surface area contributed by atoms with Gasteiger partial charge in [0, 0.05) is 19.2 Å². The Labute approximate surface area is 118 Å². The van der Waals surface area contributed by atoms with Gasteiger partial charge in [-0.1, -0.05) is 0 Å². The van der Waals surface area contributed by atoms with E-state index in [4.69, 9.17) is 15.2 Å². The lowest BCUT2D eigenvalue weighted by molar-refractivity contribution is -0.137. The molecule has 1 amide bonds. The van der Waals surface area contributed by atoms with Crippen LogP contribution in [0.1, 0.15) is 0 Å². The van der Waals surface area contributed by atoms with Gasteiger partial charge in [-0.15, -0.1) is 0 Å². The van der Waals surface area contributed by atoms with Crippen LogP contribution in [0.3, 0.4) is 0 Å². The van der Waals surface area contributed by atoms with Crippen molar-refractivity contribution in [1.82, 2.24) is 4.90 Å². The fourth-order valence-corrected chi connectivity index (χ4v) is 2.07. The van der Waals surface area contributed by atoms with Gasteiger partial charge in [0.1, 0.15) is 11.6 Å². The van der Waals surface area contributed by atoms with Crippen molar-refractivity contribution < 1.29 is 18.7 Å². The maximum Gasteiger partial charge on any atom is 0.260 e. The third-order valence-electron chi connectivity index (χ3n) is 2.77. The highest BCUT2D eigenvalue weighted by molar-refractivity contribution is 9.10. The summed E-state index contributed by atoms with van der Waals surface area (Å²) in [5, 5.41) is 0. The molecule has 0 atom stereocenters. The normalized spacial score (nSPS) is 15.4. The number of rotatable bonds is 3. The Morgan fingerprint density at radius 1 is 1.47 bits per heavy atom. The highest BCUT2D eigenvalue weighted by Crippen LogP contribution is 2.28. The Balaban J connectivity index is 1.94. The Hall–Kier alpha value is -1.34. The second-order valence-corrected chi connectivity index (χ2v) is 4.94. The molecule has 1 aromatic rings. The van der Waals surface area contributed by atoms with Gasteiger partial charge in [0.2, 0.25) is 0 Å². The van der Waals surface area contributed by atoms with E-state index in [1.54, 1.807) is 4.90 Å². The molecule has 0 bridgehead atoms. The second kappa shape index (κ2) is 6.21. The van der Waals surface area contributed by atoms with Crippen LogP contribution in [0.15, 0.2) is 16.6 Å². The van der Waals surface area contributed by atoms with Crippen molar-refractivity contribution in [3.63, 3.8) is 0 Å². The van der Waals surface area contributed by atoms with Gasteiger partial charge in [0.25, 0.3) is 5.91 Å². The SMILES string of the molecule is Nc1cc(Br)c(F)cc1OCC(=O)N1CCOCC1. The van der Waals surface area contributed by atoms with Crippen LogP contribution in [0.4, 0.5) is 10.1 Å². The van der Waals surface area contributed by atoms with Gasteiger partial charge in [-0.3, -0.25) is 4.79 Å². The van der Waals surface area contributed by atoms with Crippen molar-refractivity contribution in [2.45, 2.75) is 0 Å². The average molecular weight is 333 g/mol. The first-order chi connectivity index (χ1) is 9.08. The lowest BCUT2D eigenvalue weighted by Gasteiger charge is -2.26. The second-order valence-electron chi connectivity index (χ2n) is 4.09. The van der Waals surface area contributed by atoms with Crippen molar-refractivity contribution in [1.29, 1.82) is 0 Å². The first-order valence-electron chi connectivity index (χ1n) is 5.81. The van der Waals surface area contributed by atoms with Crippen molar-refractivity contribution in [2.24, 2.45) is 0 Å². The van der Waals surface area contributed by atoms with Crippen LogP contribution < -0.4 is 10.5 Å². The number of halogens is 2. The molecule has 0 aliphatic carbocycles. The lowest BCUT2D eigenvalue weighted by Crippen LogP contribution is -2.43. The number of nitrogens with two attached hydrogens (primary N) is 1.